The van der Waals surface area contributed by atoms with Gasteiger partial charge in [0.15, 0.2) is 5.75 Å². The van der Waals surface area contributed by atoms with Gasteiger partial charge in [-0.1, -0.05) is 6.42 Å². The zero-order chi connectivity index (χ0) is 11.4. The third kappa shape index (κ3) is 2.40. The molecule has 0 bridgehead atoms. The first-order valence-electron chi connectivity index (χ1n) is 5.43. The molecule has 0 unspecified atom stereocenters. The summed E-state index contributed by atoms with van der Waals surface area (Å²) in [5.41, 5.74) is 0. The van der Waals surface area contributed by atoms with Crippen LogP contribution in [0.5, 0.6) is 5.75 Å². The van der Waals surface area contributed by atoms with Gasteiger partial charge in [0.2, 0.25) is 5.95 Å². The SMILES string of the molecule is COc1cnc(NCC2(SC)CCC2)nc1. The van der Waals surface area contributed by atoms with E-state index < -0.39 is 0 Å². The van der Waals surface area contributed by atoms with E-state index in [9.17, 15) is 0 Å². The first kappa shape index (κ1) is 11.5. The Morgan fingerprint density at radius 2 is 2.12 bits per heavy atom. The Bertz CT molecular complexity index is 332. The molecule has 1 fully saturated rings. The smallest absolute Gasteiger partial charge is 0.222 e. The number of hydrogen-bond acceptors (Lipinski definition) is 5. The molecule has 1 saturated carbocycles. The van der Waals surface area contributed by atoms with E-state index in [0.717, 1.165) is 6.54 Å². The van der Waals surface area contributed by atoms with Crippen LogP contribution in [0.15, 0.2) is 12.4 Å². The molecule has 0 aliphatic heterocycles. The predicted octanol–water partition coefficient (Wildman–Crippen LogP) is 2.18. The van der Waals surface area contributed by atoms with Crippen molar-refractivity contribution >= 4 is 17.7 Å². The van der Waals surface area contributed by atoms with Crippen molar-refractivity contribution in [1.29, 1.82) is 0 Å². The molecule has 2 rings (SSSR count). The Balaban J connectivity index is 1.89. The van der Waals surface area contributed by atoms with Gasteiger partial charge in [-0.15, -0.1) is 0 Å². The second-order valence-corrected chi connectivity index (χ2v) is 5.32. The number of methoxy groups -OCH3 is 1. The van der Waals surface area contributed by atoms with Crippen LogP contribution in [-0.4, -0.2) is 34.6 Å². The molecule has 4 nitrogen and oxygen atoms in total. The van der Waals surface area contributed by atoms with Crippen LogP contribution in [0, 0.1) is 0 Å². The third-order valence-electron chi connectivity index (χ3n) is 3.13. The van der Waals surface area contributed by atoms with Crippen molar-refractivity contribution in [3.63, 3.8) is 0 Å². The largest absolute Gasteiger partial charge is 0.494 e. The monoisotopic (exact) mass is 239 g/mol. The fourth-order valence-corrected chi connectivity index (χ4v) is 2.69. The van der Waals surface area contributed by atoms with Crippen LogP contribution >= 0.6 is 11.8 Å². The van der Waals surface area contributed by atoms with Gasteiger partial charge < -0.3 is 10.1 Å². The zero-order valence-electron chi connectivity index (χ0n) is 9.69. The summed E-state index contributed by atoms with van der Waals surface area (Å²) in [4.78, 5) is 8.38. The number of anilines is 1. The Kier molecular flexibility index (Phi) is 3.53. The molecule has 0 aromatic carbocycles. The van der Waals surface area contributed by atoms with E-state index in [1.54, 1.807) is 19.5 Å². The first-order valence-corrected chi connectivity index (χ1v) is 6.65. The summed E-state index contributed by atoms with van der Waals surface area (Å²) in [6.07, 6.45) is 9.46. The highest BCUT2D eigenvalue weighted by Crippen LogP contribution is 2.42. The summed E-state index contributed by atoms with van der Waals surface area (Å²) in [5.74, 6) is 1.37. The molecule has 1 aromatic heterocycles. The standard InChI is InChI=1S/C11H17N3OS/c1-15-9-6-12-10(13-7-9)14-8-11(16-2)4-3-5-11/h6-7H,3-5,8H2,1-2H3,(H,12,13,14). The molecule has 1 aromatic rings. The number of thioether (sulfide) groups is 1. The summed E-state index contributed by atoms with van der Waals surface area (Å²) in [5, 5.41) is 3.29. The highest BCUT2D eigenvalue weighted by molar-refractivity contribution is 8.00. The molecule has 0 spiro atoms. The van der Waals surface area contributed by atoms with E-state index in [4.69, 9.17) is 4.74 Å². The van der Waals surface area contributed by atoms with E-state index in [-0.39, 0.29) is 0 Å². The molecule has 16 heavy (non-hydrogen) atoms. The number of aromatic nitrogens is 2. The van der Waals surface area contributed by atoms with E-state index in [0.29, 0.717) is 16.4 Å². The summed E-state index contributed by atoms with van der Waals surface area (Å²) in [7, 11) is 1.61. The van der Waals surface area contributed by atoms with Gasteiger partial charge in [-0.25, -0.2) is 9.97 Å². The molecule has 0 saturated heterocycles. The van der Waals surface area contributed by atoms with Gasteiger partial charge in [0.05, 0.1) is 19.5 Å². The van der Waals surface area contributed by atoms with E-state index >= 15 is 0 Å². The second kappa shape index (κ2) is 4.91. The van der Waals surface area contributed by atoms with Gasteiger partial charge in [0, 0.05) is 11.3 Å². The molecular weight excluding hydrogens is 222 g/mol. The van der Waals surface area contributed by atoms with Gasteiger partial charge in [0.1, 0.15) is 0 Å². The van der Waals surface area contributed by atoms with Crippen LogP contribution in [0.3, 0.4) is 0 Å². The zero-order valence-corrected chi connectivity index (χ0v) is 10.5. The Hall–Kier alpha value is -0.970. The number of ether oxygens (including phenoxy) is 1. The minimum absolute atomic E-state index is 0.406. The Morgan fingerprint density at radius 3 is 2.56 bits per heavy atom. The lowest BCUT2D eigenvalue weighted by molar-refractivity contribution is 0.379. The van der Waals surface area contributed by atoms with Gasteiger partial charge in [-0.2, -0.15) is 11.8 Å². The molecule has 1 aliphatic carbocycles. The molecule has 0 amide bonds. The lowest BCUT2D eigenvalue weighted by Gasteiger charge is -2.40. The number of rotatable bonds is 5. The van der Waals surface area contributed by atoms with Gasteiger partial charge >= 0.3 is 0 Å². The third-order valence-corrected chi connectivity index (χ3v) is 4.55. The van der Waals surface area contributed by atoms with Crippen molar-refractivity contribution in [3.05, 3.63) is 12.4 Å². The maximum Gasteiger partial charge on any atom is 0.222 e. The molecule has 1 aliphatic rings. The molecule has 0 radical (unpaired) electrons. The summed E-state index contributed by atoms with van der Waals surface area (Å²) < 4.78 is 5.42. The normalized spacial score (nSPS) is 17.6. The topological polar surface area (TPSA) is 47.0 Å². The van der Waals surface area contributed by atoms with Crippen molar-refractivity contribution in [2.24, 2.45) is 0 Å². The van der Waals surface area contributed by atoms with Crippen LogP contribution in [0.4, 0.5) is 5.95 Å². The highest BCUT2D eigenvalue weighted by Gasteiger charge is 2.35. The summed E-state index contributed by atoms with van der Waals surface area (Å²) in [6.45, 7) is 0.945. The van der Waals surface area contributed by atoms with Crippen LogP contribution in [0.1, 0.15) is 19.3 Å². The number of nitrogens with zero attached hydrogens (tertiary/aromatic N) is 2. The van der Waals surface area contributed by atoms with E-state index in [1.807, 2.05) is 11.8 Å². The summed E-state index contributed by atoms with van der Waals surface area (Å²) in [6, 6.07) is 0. The minimum Gasteiger partial charge on any atom is -0.494 e. The van der Waals surface area contributed by atoms with Gasteiger partial charge in [0.25, 0.3) is 0 Å². The lowest BCUT2D eigenvalue weighted by atomic mass is 9.84. The van der Waals surface area contributed by atoms with Crippen LogP contribution in [-0.2, 0) is 0 Å². The molecule has 0 atom stereocenters. The first-order chi connectivity index (χ1) is 7.78. The van der Waals surface area contributed by atoms with E-state index in [2.05, 4.69) is 21.5 Å². The van der Waals surface area contributed by atoms with Crippen molar-refractivity contribution in [2.45, 2.75) is 24.0 Å². The molecule has 88 valence electrons. The molecular formula is C11H17N3OS. The number of hydrogen-bond donors (Lipinski definition) is 1. The quantitative estimate of drug-likeness (QED) is 0.853. The Morgan fingerprint density at radius 1 is 1.44 bits per heavy atom. The van der Waals surface area contributed by atoms with Crippen molar-refractivity contribution in [1.82, 2.24) is 9.97 Å². The second-order valence-electron chi connectivity index (χ2n) is 4.04. The fourth-order valence-electron chi connectivity index (χ4n) is 1.78. The number of nitrogens with one attached hydrogen (secondary N) is 1. The van der Waals surface area contributed by atoms with Gasteiger partial charge in [-0.3, -0.25) is 0 Å². The average molecular weight is 239 g/mol. The van der Waals surface area contributed by atoms with E-state index in [1.165, 1.54) is 19.3 Å². The maximum absolute atomic E-state index is 5.01. The minimum atomic E-state index is 0.406. The fraction of sp³-hybridized carbons (Fsp3) is 0.636. The van der Waals surface area contributed by atoms with Crippen LogP contribution < -0.4 is 10.1 Å². The molecule has 5 heteroatoms. The average Bonchev–Trinajstić information content (AvgIpc) is 2.29. The van der Waals surface area contributed by atoms with Crippen molar-refractivity contribution < 1.29 is 4.74 Å². The Labute approximate surface area is 100 Å². The highest BCUT2D eigenvalue weighted by atomic mass is 32.2. The molecule has 1 heterocycles. The predicted molar refractivity (Wildman–Crippen MR) is 67.2 cm³/mol. The summed E-state index contributed by atoms with van der Waals surface area (Å²) >= 11 is 1.94. The van der Waals surface area contributed by atoms with Gasteiger partial charge in [-0.05, 0) is 19.1 Å². The molecule has 1 N–H and O–H groups in total. The maximum atomic E-state index is 5.01. The van der Waals surface area contributed by atoms with Crippen molar-refractivity contribution in [3.8, 4) is 5.75 Å². The lowest BCUT2D eigenvalue weighted by Crippen LogP contribution is -2.40. The van der Waals surface area contributed by atoms with Crippen molar-refractivity contribution in [2.75, 3.05) is 25.2 Å². The van der Waals surface area contributed by atoms with Crippen LogP contribution in [0.2, 0.25) is 0 Å². The van der Waals surface area contributed by atoms with Crippen LogP contribution in [0.25, 0.3) is 0 Å².